The maximum atomic E-state index is 12.3. The third-order valence-corrected chi connectivity index (χ3v) is 4.86. The average Bonchev–Trinajstić information content (AvgIpc) is 2.48. The van der Waals surface area contributed by atoms with Crippen LogP contribution in [0, 0.1) is 5.92 Å². The molecule has 0 radical (unpaired) electrons. The molecule has 2 aromatic carbocycles. The van der Waals surface area contributed by atoms with Crippen LogP contribution < -0.4 is 0 Å². The van der Waals surface area contributed by atoms with Gasteiger partial charge in [-0.2, -0.15) is 11.8 Å². The minimum Gasteiger partial charge on any atom is -0.294 e. The van der Waals surface area contributed by atoms with Crippen molar-refractivity contribution in [3.8, 4) is 0 Å². The van der Waals surface area contributed by atoms with Gasteiger partial charge in [-0.1, -0.05) is 65.3 Å². The summed E-state index contributed by atoms with van der Waals surface area (Å²) in [6.45, 7) is 2.00. The van der Waals surface area contributed by atoms with E-state index in [1.54, 1.807) is 0 Å². The first-order valence-corrected chi connectivity index (χ1v) is 8.53. The molecule has 0 saturated carbocycles. The largest absolute Gasteiger partial charge is 0.294 e. The highest BCUT2D eigenvalue weighted by molar-refractivity contribution is 9.10. The van der Waals surface area contributed by atoms with Crippen LogP contribution in [0.15, 0.2) is 59.1 Å². The van der Waals surface area contributed by atoms with E-state index in [0.29, 0.717) is 0 Å². The molecule has 1 nitrogen and oxygen atoms in total. The Morgan fingerprint density at radius 2 is 1.75 bits per heavy atom. The fraction of sp³-hybridized carbons (Fsp3) is 0.235. The molecule has 0 aromatic heterocycles. The van der Waals surface area contributed by atoms with Gasteiger partial charge in [-0.05, 0) is 17.7 Å². The second-order valence-electron chi connectivity index (χ2n) is 4.77. The van der Waals surface area contributed by atoms with Crippen molar-refractivity contribution >= 4 is 33.5 Å². The molecule has 0 amide bonds. The highest BCUT2D eigenvalue weighted by Crippen LogP contribution is 2.19. The van der Waals surface area contributed by atoms with Gasteiger partial charge in [0.2, 0.25) is 0 Å². The van der Waals surface area contributed by atoms with E-state index in [1.807, 2.05) is 61.2 Å². The normalized spacial score (nSPS) is 12.1. The molecule has 1 atom stereocenters. The molecule has 0 aliphatic carbocycles. The number of carbonyl (C=O) groups excluding carboxylic acids is 1. The van der Waals surface area contributed by atoms with Crippen LogP contribution in [0.1, 0.15) is 22.8 Å². The van der Waals surface area contributed by atoms with Gasteiger partial charge >= 0.3 is 0 Å². The molecule has 0 unspecified atom stereocenters. The van der Waals surface area contributed by atoms with Crippen LogP contribution in [0.3, 0.4) is 0 Å². The van der Waals surface area contributed by atoms with Crippen molar-refractivity contribution in [3.63, 3.8) is 0 Å². The summed E-state index contributed by atoms with van der Waals surface area (Å²) in [5, 5.41) is 0. The minimum atomic E-state index is 0.0462. The van der Waals surface area contributed by atoms with Gasteiger partial charge in [0, 0.05) is 27.5 Å². The Balaban J connectivity index is 1.84. The van der Waals surface area contributed by atoms with E-state index in [1.165, 1.54) is 5.56 Å². The summed E-state index contributed by atoms with van der Waals surface area (Å²) in [5.74, 6) is 2.07. The van der Waals surface area contributed by atoms with Gasteiger partial charge in [0.15, 0.2) is 5.78 Å². The molecular weight excluding hydrogens is 332 g/mol. The molecule has 0 bridgehead atoms. The predicted octanol–water partition coefficient (Wildman–Crippen LogP) is 5.20. The Morgan fingerprint density at radius 1 is 1.10 bits per heavy atom. The smallest absolute Gasteiger partial charge is 0.166 e. The zero-order valence-corrected chi connectivity index (χ0v) is 13.8. The van der Waals surface area contributed by atoms with Crippen LogP contribution in [0.25, 0.3) is 0 Å². The van der Waals surface area contributed by atoms with Gasteiger partial charge in [-0.15, -0.1) is 0 Å². The Kier molecular flexibility index (Phi) is 5.86. The molecule has 0 heterocycles. The molecular formula is C17H17BrOS. The lowest BCUT2D eigenvalue weighted by atomic mass is 10.0. The van der Waals surface area contributed by atoms with Crippen LogP contribution in [-0.4, -0.2) is 11.5 Å². The quantitative estimate of drug-likeness (QED) is 0.667. The summed E-state index contributed by atoms with van der Waals surface area (Å²) in [5.41, 5.74) is 2.10. The number of carbonyl (C=O) groups is 1. The number of hydrogen-bond acceptors (Lipinski definition) is 2. The Morgan fingerprint density at radius 3 is 2.40 bits per heavy atom. The number of hydrogen-bond donors (Lipinski definition) is 0. The zero-order valence-electron chi connectivity index (χ0n) is 11.4. The maximum Gasteiger partial charge on any atom is 0.166 e. The number of benzene rings is 2. The van der Waals surface area contributed by atoms with Gasteiger partial charge in [-0.25, -0.2) is 0 Å². The topological polar surface area (TPSA) is 17.1 Å². The summed E-state index contributed by atoms with van der Waals surface area (Å²) in [7, 11) is 0. The fourth-order valence-electron chi connectivity index (χ4n) is 1.90. The number of rotatable bonds is 6. The van der Waals surface area contributed by atoms with E-state index >= 15 is 0 Å². The van der Waals surface area contributed by atoms with Crippen molar-refractivity contribution in [1.82, 2.24) is 0 Å². The van der Waals surface area contributed by atoms with Crippen molar-refractivity contribution in [3.05, 3.63) is 70.2 Å². The molecule has 0 saturated heterocycles. The molecule has 2 rings (SSSR count). The number of halogens is 1. The van der Waals surface area contributed by atoms with Crippen molar-refractivity contribution in [2.75, 3.05) is 5.75 Å². The number of Topliss-reactive ketones (excluding diaryl/α,β-unsaturated/α-hetero) is 1. The van der Waals surface area contributed by atoms with Crippen LogP contribution in [0.5, 0.6) is 0 Å². The summed E-state index contributed by atoms with van der Waals surface area (Å²) < 4.78 is 1.00. The van der Waals surface area contributed by atoms with Crippen LogP contribution >= 0.6 is 27.7 Å². The van der Waals surface area contributed by atoms with Crippen molar-refractivity contribution < 1.29 is 4.79 Å². The second-order valence-corrected chi connectivity index (χ2v) is 6.72. The van der Waals surface area contributed by atoms with Crippen molar-refractivity contribution in [1.29, 1.82) is 0 Å². The standard InChI is InChI=1S/C17H17BrOS/c1-13(11-20-12-14-5-3-2-4-6-14)17(19)15-7-9-16(18)10-8-15/h2-10,13H,11-12H2,1H3/t13-/m0/s1. The monoisotopic (exact) mass is 348 g/mol. The van der Waals surface area contributed by atoms with Gasteiger partial charge in [-0.3, -0.25) is 4.79 Å². The van der Waals surface area contributed by atoms with E-state index in [2.05, 4.69) is 28.1 Å². The van der Waals surface area contributed by atoms with E-state index < -0.39 is 0 Å². The number of ketones is 1. The highest BCUT2D eigenvalue weighted by Gasteiger charge is 2.14. The van der Waals surface area contributed by atoms with Gasteiger partial charge in [0.05, 0.1) is 0 Å². The van der Waals surface area contributed by atoms with Gasteiger partial charge in [0.25, 0.3) is 0 Å². The van der Waals surface area contributed by atoms with Gasteiger partial charge in [0.1, 0.15) is 0 Å². The first-order chi connectivity index (χ1) is 9.66. The third-order valence-electron chi connectivity index (χ3n) is 3.06. The van der Waals surface area contributed by atoms with Crippen molar-refractivity contribution in [2.45, 2.75) is 12.7 Å². The van der Waals surface area contributed by atoms with Gasteiger partial charge < -0.3 is 0 Å². The summed E-state index contributed by atoms with van der Waals surface area (Å²) in [6, 6.07) is 17.9. The molecule has 0 N–H and O–H groups in total. The summed E-state index contributed by atoms with van der Waals surface area (Å²) in [4.78, 5) is 12.3. The second kappa shape index (κ2) is 7.65. The SMILES string of the molecule is C[C@@H](CSCc1ccccc1)C(=O)c1ccc(Br)cc1. The average molecular weight is 349 g/mol. The Bertz CT molecular complexity index is 551. The molecule has 0 spiro atoms. The fourth-order valence-corrected chi connectivity index (χ4v) is 3.22. The predicted molar refractivity (Wildman–Crippen MR) is 90.2 cm³/mol. The van der Waals surface area contributed by atoms with Crippen molar-refractivity contribution in [2.24, 2.45) is 5.92 Å². The van der Waals surface area contributed by atoms with Crippen LogP contribution in [-0.2, 0) is 5.75 Å². The van der Waals surface area contributed by atoms with E-state index in [4.69, 9.17) is 0 Å². The van der Waals surface area contributed by atoms with Crippen LogP contribution in [0.4, 0.5) is 0 Å². The first-order valence-electron chi connectivity index (χ1n) is 6.58. The Hall–Kier alpha value is -1.06. The van der Waals surface area contributed by atoms with Crippen LogP contribution in [0.2, 0.25) is 0 Å². The van der Waals surface area contributed by atoms with E-state index in [9.17, 15) is 4.79 Å². The summed E-state index contributed by atoms with van der Waals surface area (Å²) in [6.07, 6.45) is 0. The highest BCUT2D eigenvalue weighted by atomic mass is 79.9. The summed E-state index contributed by atoms with van der Waals surface area (Å²) >= 11 is 5.19. The lowest BCUT2D eigenvalue weighted by Gasteiger charge is -2.10. The molecule has 0 fully saturated rings. The lowest BCUT2D eigenvalue weighted by Crippen LogP contribution is -2.13. The number of thioether (sulfide) groups is 1. The molecule has 3 heteroatoms. The molecule has 20 heavy (non-hydrogen) atoms. The third kappa shape index (κ3) is 4.50. The minimum absolute atomic E-state index is 0.0462. The first kappa shape index (κ1) is 15.3. The molecule has 0 aliphatic rings. The Labute approximate surface area is 132 Å². The maximum absolute atomic E-state index is 12.3. The zero-order chi connectivity index (χ0) is 14.4. The molecule has 2 aromatic rings. The van der Waals surface area contributed by atoms with E-state index in [-0.39, 0.29) is 11.7 Å². The lowest BCUT2D eigenvalue weighted by molar-refractivity contribution is 0.0942. The molecule has 0 aliphatic heterocycles. The van der Waals surface area contributed by atoms with E-state index in [0.717, 1.165) is 21.5 Å². The molecule has 104 valence electrons.